The number of nitrogens with zero attached hydrogens (tertiary/aromatic N) is 3. The fraction of sp³-hybridized carbons (Fsp3) is 0.952. The Balaban J connectivity index is 1.33. The number of rotatable bonds is 4. The molecule has 0 amide bonds. The van der Waals surface area contributed by atoms with Gasteiger partial charge in [0, 0.05) is 69.9 Å². The average molecular weight is 379 g/mol. The third-order valence-corrected chi connectivity index (χ3v) is 7.14. The second-order valence-electron chi connectivity index (χ2n) is 9.36. The predicted octanol–water partition coefficient (Wildman–Crippen LogP) is 1.81. The van der Waals surface area contributed by atoms with E-state index in [0.717, 1.165) is 64.4 Å². The summed E-state index contributed by atoms with van der Waals surface area (Å²) in [6, 6.07) is 0.474. The number of aliphatic imine (C=N–C) groups is 1. The zero-order valence-electron chi connectivity index (χ0n) is 17.5. The van der Waals surface area contributed by atoms with Crippen molar-refractivity contribution in [2.45, 2.75) is 52.2 Å². The van der Waals surface area contributed by atoms with Gasteiger partial charge in [0.2, 0.25) is 0 Å². The lowest BCUT2D eigenvalue weighted by Crippen LogP contribution is -2.71. The second kappa shape index (κ2) is 8.26. The fourth-order valence-electron chi connectivity index (χ4n) is 5.58. The van der Waals surface area contributed by atoms with Gasteiger partial charge in [-0.15, -0.1) is 0 Å². The SMILES string of the molecule is CCN=C(NC1C2CCCOC2C1(C)C)N1CCN(CC2CCOC2)CC1. The van der Waals surface area contributed by atoms with E-state index in [2.05, 4.69) is 35.9 Å². The Morgan fingerprint density at radius 1 is 1.15 bits per heavy atom. The van der Waals surface area contributed by atoms with Gasteiger partial charge in [-0.25, -0.2) is 0 Å². The summed E-state index contributed by atoms with van der Waals surface area (Å²) in [5.41, 5.74) is 0.184. The van der Waals surface area contributed by atoms with Crippen LogP contribution < -0.4 is 5.32 Å². The van der Waals surface area contributed by atoms with E-state index in [9.17, 15) is 0 Å². The number of piperazine rings is 1. The average Bonchev–Trinajstić information content (AvgIpc) is 3.19. The van der Waals surface area contributed by atoms with Crippen LogP contribution >= 0.6 is 0 Å². The van der Waals surface area contributed by atoms with Crippen molar-refractivity contribution < 1.29 is 9.47 Å². The van der Waals surface area contributed by atoms with Gasteiger partial charge < -0.3 is 19.7 Å². The predicted molar refractivity (Wildman–Crippen MR) is 108 cm³/mol. The summed E-state index contributed by atoms with van der Waals surface area (Å²) in [5, 5.41) is 3.86. The van der Waals surface area contributed by atoms with Gasteiger partial charge in [0.1, 0.15) is 0 Å². The molecule has 3 aliphatic heterocycles. The molecule has 4 aliphatic rings. The minimum absolute atomic E-state index is 0.184. The maximum atomic E-state index is 6.08. The highest BCUT2D eigenvalue weighted by Crippen LogP contribution is 2.51. The first-order chi connectivity index (χ1) is 13.1. The molecule has 1 N–H and O–H groups in total. The Hall–Kier alpha value is -0.850. The van der Waals surface area contributed by atoms with E-state index in [1.807, 2.05) is 0 Å². The van der Waals surface area contributed by atoms with Gasteiger partial charge in [0.05, 0.1) is 12.7 Å². The molecule has 6 nitrogen and oxygen atoms in total. The summed E-state index contributed by atoms with van der Waals surface area (Å²) in [5.74, 6) is 2.49. The van der Waals surface area contributed by atoms with Gasteiger partial charge in [-0.3, -0.25) is 9.89 Å². The van der Waals surface area contributed by atoms with Crippen LogP contribution in [0.15, 0.2) is 4.99 Å². The van der Waals surface area contributed by atoms with Crippen LogP contribution in [0.1, 0.15) is 40.0 Å². The van der Waals surface area contributed by atoms with Crippen molar-refractivity contribution >= 4 is 5.96 Å². The highest BCUT2D eigenvalue weighted by molar-refractivity contribution is 5.80. The van der Waals surface area contributed by atoms with E-state index in [-0.39, 0.29) is 5.41 Å². The summed E-state index contributed by atoms with van der Waals surface area (Å²) >= 11 is 0. The summed E-state index contributed by atoms with van der Waals surface area (Å²) in [4.78, 5) is 9.93. The molecule has 4 unspecified atom stereocenters. The molecule has 0 radical (unpaired) electrons. The van der Waals surface area contributed by atoms with Crippen LogP contribution in [0.5, 0.6) is 0 Å². The molecule has 3 saturated heterocycles. The van der Waals surface area contributed by atoms with Crippen molar-refractivity contribution in [3.05, 3.63) is 0 Å². The van der Waals surface area contributed by atoms with Crippen LogP contribution in [-0.2, 0) is 9.47 Å². The standard InChI is InChI=1S/C21H38N4O2/c1-4-22-20(23-18-17-6-5-12-27-19(17)21(18,2)3)25-10-8-24(9-11-25)14-16-7-13-26-15-16/h16-19H,4-15H2,1-3H3,(H,22,23). The van der Waals surface area contributed by atoms with Crippen LogP contribution in [0.2, 0.25) is 0 Å². The fourth-order valence-corrected chi connectivity index (χ4v) is 5.58. The highest BCUT2D eigenvalue weighted by atomic mass is 16.5. The third-order valence-electron chi connectivity index (χ3n) is 7.14. The molecule has 154 valence electrons. The molecule has 27 heavy (non-hydrogen) atoms. The molecule has 1 saturated carbocycles. The Morgan fingerprint density at radius 2 is 1.96 bits per heavy atom. The number of fused-ring (bicyclic) bond motifs is 1. The van der Waals surface area contributed by atoms with Crippen LogP contribution in [-0.4, -0.2) is 87.0 Å². The van der Waals surface area contributed by atoms with E-state index in [4.69, 9.17) is 14.5 Å². The van der Waals surface area contributed by atoms with Crippen LogP contribution in [0.3, 0.4) is 0 Å². The van der Waals surface area contributed by atoms with Gasteiger partial charge in [-0.1, -0.05) is 13.8 Å². The Kier molecular flexibility index (Phi) is 5.95. The monoisotopic (exact) mass is 378 g/mol. The normalized spacial score (nSPS) is 37.0. The van der Waals surface area contributed by atoms with Crippen molar-refractivity contribution in [3.8, 4) is 0 Å². The van der Waals surface area contributed by atoms with Gasteiger partial charge in [0.15, 0.2) is 5.96 Å². The lowest BCUT2D eigenvalue weighted by atomic mass is 9.55. The molecular formula is C21H38N4O2. The number of guanidine groups is 1. The first kappa shape index (κ1) is 19.5. The number of hydrogen-bond acceptors (Lipinski definition) is 4. The van der Waals surface area contributed by atoms with Gasteiger partial charge in [-0.05, 0) is 32.1 Å². The lowest BCUT2D eigenvalue weighted by Gasteiger charge is -2.60. The van der Waals surface area contributed by atoms with E-state index in [1.54, 1.807) is 0 Å². The lowest BCUT2D eigenvalue weighted by molar-refractivity contribution is -0.188. The van der Waals surface area contributed by atoms with E-state index >= 15 is 0 Å². The number of hydrogen-bond donors (Lipinski definition) is 1. The van der Waals surface area contributed by atoms with Crippen molar-refractivity contribution in [1.82, 2.24) is 15.1 Å². The van der Waals surface area contributed by atoms with Crippen molar-refractivity contribution in [3.63, 3.8) is 0 Å². The summed E-state index contributed by atoms with van der Waals surface area (Å²) in [6.07, 6.45) is 4.12. The molecule has 4 rings (SSSR count). The van der Waals surface area contributed by atoms with E-state index in [0.29, 0.717) is 18.1 Å². The first-order valence-electron chi connectivity index (χ1n) is 11.1. The maximum absolute atomic E-state index is 6.08. The highest BCUT2D eigenvalue weighted by Gasteiger charge is 2.58. The molecule has 0 aromatic heterocycles. The van der Waals surface area contributed by atoms with Crippen molar-refractivity contribution in [2.24, 2.45) is 22.2 Å². The molecule has 4 fully saturated rings. The van der Waals surface area contributed by atoms with E-state index < -0.39 is 0 Å². The summed E-state index contributed by atoms with van der Waals surface area (Å²) in [7, 11) is 0. The third kappa shape index (κ3) is 3.99. The smallest absolute Gasteiger partial charge is 0.194 e. The van der Waals surface area contributed by atoms with Crippen LogP contribution in [0.25, 0.3) is 0 Å². The quantitative estimate of drug-likeness (QED) is 0.597. The first-order valence-corrected chi connectivity index (χ1v) is 11.1. The molecule has 6 heteroatoms. The molecule has 0 bridgehead atoms. The van der Waals surface area contributed by atoms with Crippen molar-refractivity contribution in [2.75, 3.05) is 59.1 Å². The van der Waals surface area contributed by atoms with Gasteiger partial charge in [-0.2, -0.15) is 0 Å². The molecule has 0 spiro atoms. The molecular weight excluding hydrogens is 340 g/mol. The van der Waals surface area contributed by atoms with Crippen LogP contribution in [0.4, 0.5) is 0 Å². The summed E-state index contributed by atoms with van der Waals surface area (Å²) < 4.78 is 11.6. The molecule has 0 aromatic carbocycles. The van der Waals surface area contributed by atoms with Gasteiger partial charge >= 0.3 is 0 Å². The van der Waals surface area contributed by atoms with Crippen LogP contribution in [0, 0.1) is 17.3 Å². The minimum atomic E-state index is 0.184. The molecule has 0 aromatic rings. The molecule has 1 aliphatic carbocycles. The zero-order valence-corrected chi connectivity index (χ0v) is 17.5. The van der Waals surface area contributed by atoms with Crippen molar-refractivity contribution in [1.29, 1.82) is 0 Å². The Bertz CT molecular complexity index is 524. The van der Waals surface area contributed by atoms with E-state index in [1.165, 1.54) is 25.8 Å². The molecule has 3 heterocycles. The Morgan fingerprint density at radius 3 is 2.67 bits per heavy atom. The second-order valence-corrected chi connectivity index (χ2v) is 9.36. The topological polar surface area (TPSA) is 49.3 Å². The number of nitrogens with one attached hydrogen (secondary N) is 1. The summed E-state index contributed by atoms with van der Waals surface area (Å²) in [6.45, 7) is 16.1. The number of ether oxygens (including phenoxy) is 2. The molecule has 4 atom stereocenters. The minimum Gasteiger partial charge on any atom is -0.381 e. The largest absolute Gasteiger partial charge is 0.381 e. The maximum Gasteiger partial charge on any atom is 0.194 e. The zero-order chi connectivity index (χ0) is 18.9. The van der Waals surface area contributed by atoms with Gasteiger partial charge in [0.25, 0.3) is 0 Å². The Labute approximate surface area is 164 Å².